The van der Waals surface area contributed by atoms with Crippen LogP contribution >= 0.6 is 27.5 Å². The Labute approximate surface area is 95.2 Å². The highest BCUT2D eigenvalue weighted by atomic mass is 79.9. The summed E-state index contributed by atoms with van der Waals surface area (Å²) >= 11 is 9.26. The summed E-state index contributed by atoms with van der Waals surface area (Å²) in [7, 11) is 0. The first-order valence-electron chi connectivity index (χ1n) is 4.30. The summed E-state index contributed by atoms with van der Waals surface area (Å²) in [6, 6.07) is 3.59. The Hall–Kier alpha value is -0.610. The van der Waals surface area contributed by atoms with Gasteiger partial charge in [-0.3, -0.25) is 0 Å². The Balaban J connectivity index is 2.74. The van der Waals surface area contributed by atoms with E-state index in [9.17, 15) is 0 Å². The van der Waals surface area contributed by atoms with Crippen molar-refractivity contribution in [1.82, 2.24) is 14.6 Å². The Kier molecular flexibility index (Phi) is 2.49. The second kappa shape index (κ2) is 3.51. The molecule has 0 aliphatic carbocycles. The summed E-state index contributed by atoms with van der Waals surface area (Å²) in [4.78, 5) is 4.45. The number of rotatable bonds is 1. The summed E-state index contributed by atoms with van der Waals surface area (Å²) in [5.74, 6) is 0.366. The van der Waals surface area contributed by atoms with Crippen LogP contribution in [-0.4, -0.2) is 14.6 Å². The molecule has 0 bridgehead atoms. The molecule has 2 heterocycles. The molecule has 74 valence electrons. The van der Waals surface area contributed by atoms with Crippen LogP contribution in [0.1, 0.15) is 25.5 Å². The summed E-state index contributed by atoms with van der Waals surface area (Å²) in [5, 5.41) is 4.61. The lowest BCUT2D eigenvalue weighted by atomic mass is 10.2. The molecule has 0 atom stereocenters. The zero-order valence-corrected chi connectivity index (χ0v) is 10.2. The number of hydrogen-bond acceptors (Lipinski definition) is 2. The normalized spacial score (nSPS) is 11.5. The molecule has 0 amide bonds. The lowest BCUT2D eigenvalue weighted by molar-refractivity contribution is 0.818. The molecule has 2 aromatic rings. The van der Waals surface area contributed by atoms with Crippen LogP contribution in [0, 0.1) is 0 Å². The van der Waals surface area contributed by atoms with Crippen LogP contribution in [0.4, 0.5) is 0 Å². The van der Waals surface area contributed by atoms with E-state index in [1.807, 2.05) is 6.07 Å². The van der Waals surface area contributed by atoms with Crippen LogP contribution < -0.4 is 0 Å². The molecule has 0 aromatic carbocycles. The minimum atomic E-state index is 0.366. The highest BCUT2D eigenvalue weighted by Gasteiger charge is 2.13. The first-order chi connectivity index (χ1) is 6.59. The van der Waals surface area contributed by atoms with Crippen molar-refractivity contribution in [3.05, 3.63) is 27.6 Å². The van der Waals surface area contributed by atoms with Crippen LogP contribution in [0.3, 0.4) is 0 Å². The maximum atomic E-state index is 5.80. The minimum Gasteiger partial charge on any atom is -0.231 e. The van der Waals surface area contributed by atoms with Crippen molar-refractivity contribution in [3.8, 4) is 0 Å². The van der Waals surface area contributed by atoms with Gasteiger partial charge in [0.1, 0.15) is 9.76 Å². The van der Waals surface area contributed by atoms with Crippen molar-refractivity contribution in [1.29, 1.82) is 0 Å². The number of fused-ring (bicyclic) bond motifs is 1. The zero-order valence-electron chi connectivity index (χ0n) is 7.83. The number of halogens is 2. The van der Waals surface area contributed by atoms with E-state index in [2.05, 4.69) is 39.9 Å². The van der Waals surface area contributed by atoms with E-state index >= 15 is 0 Å². The Bertz CT molecular complexity index is 478. The predicted molar refractivity (Wildman–Crippen MR) is 59.8 cm³/mol. The zero-order chi connectivity index (χ0) is 10.3. The number of aromatic nitrogens is 3. The van der Waals surface area contributed by atoms with Gasteiger partial charge < -0.3 is 0 Å². The molecule has 0 N–H and O–H groups in total. The third-order valence-corrected chi connectivity index (χ3v) is 2.91. The smallest absolute Gasteiger partial charge is 0.155 e. The molecule has 0 spiro atoms. The number of nitrogens with zero attached hydrogens (tertiary/aromatic N) is 3. The van der Waals surface area contributed by atoms with Gasteiger partial charge >= 0.3 is 0 Å². The van der Waals surface area contributed by atoms with E-state index in [1.165, 1.54) is 0 Å². The van der Waals surface area contributed by atoms with Crippen molar-refractivity contribution in [2.45, 2.75) is 19.8 Å². The number of hydrogen-bond donors (Lipinski definition) is 0. The van der Waals surface area contributed by atoms with Crippen molar-refractivity contribution < 1.29 is 0 Å². The molecule has 2 aromatic heterocycles. The molecule has 14 heavy (non-hydrogen) atoms. The molecular formula is C9H9BrClN3. The van der Waals surface area contributed by atoms with Gasteiger partial charge in [-0.15, -0.1) is 0 Å². The van der Waals surface area contributed by atoms with E-state index in [4.69, 9.17) is 11.6 Å². The van der Waals surface area contributed by atoms with Gasteiger partial charge in [-0.2, -0.15) is 5.10 Å². The molecule has 2 rings (SSSR count). The first-order valence-corrected chi connectivity index (χ1v) is 5.47. The van der Waals surface area contributed by atoms with E-state index in [0.29, 0.717) is 11.1 Å². The SMILES string of the molecule is CC(C)c1nc2ccc(Cl)nn2c1Br. The fourth-order valence-electron chi connectivity index (χ4n) is 1.27. The van der Waals surface area contributed by atoms with Gasteiger partial charge in [-0.25, -0.2) is 9.50 Å². The van der Waals surface area contributed by atoms with Crippen molar-refractivity contribution >= 4 is 33.2 Å². The maximum absolute atomic E-state index is 5.80. The van der Waals surface area contributed by atoms with Crippen LogP contribution in [0.15, 0.2) is 16.7 Å². The minimum absolute atomic E-state index is 0.366. The molecule has 0 saturated heterocycles. The monoisotopic (exact) mass is 273 g/mol. The molecule has 0 saturated carbocycles. The van der Waals surface area contributed by atoms with Gasteiger partial charge in [0, 0.05) is 0 Å². The van der Waals surface area contributed by atoms with Crippen LogP contribution in [0.2, 0.25) is 5.15 Å². The van der Waals surface area contributed by atoms with E-state index in [-0.39, 0.29) is 0 Å². The van der Waals surface area contributed by atoms with Crippen LogP contribution in [0.5, 0.6) is 0 Å². The number of imidazole rings is 1. The molecule has 0 aliphatic heterocycles. The summed E-state index contributed by atoms with van der Waals surface area (Å²) in [6.45, 7) is 4.18. The fourth-order valence-corrected chi connectivity index (χ4v) is 2.21. The average molecular weight is 275 g/mol. The van der Waals surface area contributed by atoms with Crippen molar-refractivity contribution in [2.75, 3.05) is 0 Å². The molecular weight excluding hydrogens is 265 g/mol. The molecule has 0 radical (unpaired) electrons. The Morgan fingerprint density at radius 1 is 1.43 bits per heavy atom. The highest BCUT2D eigenvalue weighted by Crippen LogP contribution is 2.25. The Morgan fingerprint density at radius 2 is 2.14 bits per heavy atom. The highest BCUT2D eigenvalue weighted by molar-refractivity contribution is 9.10. The molecule has 0 aliphatic rings. The van der Waals surface area contributed by atoms with Gasteiger partial charge in [0.2, 0.25) is 0 Å². The summed E-state index contributed by atoms with van der Waals surface area (Å²) in [5.41, 5.74) is 1.81. The predicted octanol–water partition coefficient (Wildman–Crippen LogP) is 3.27. The van der Waals surface area contributed by atoms with E-state index in [0.717, 1.165) is 15.9 Å². The molecule has 3 nitrogen and oxygen atoms in total. The van der Waals surface area contributed by atoms with Crippen molar-refractivity contribution in [2.24, 2.45) is 0 Å². The third-order valence-electron chi connectivity index (χ3n) is 1.96. The summed E-state index contributed by atoms with van der Waals surface area (Å²) in [6.07, 6.45) is 0. The van der Waals surface area contributed by atoms with Gasteiger partial charge in [-0.1, -0.05) is 25.4 Å². The molecule has 5 heteroatoms. The fraction of sp³-hybridized carbons (Fsp3) is 0.333. The quantitative estimate of drug-likeness (QED) is 0.799. The second-order valence-corrected chi connectivity index (χ2v) is 4.51. The topological polar surface area (TPSA) is 30.2 Å². The van der Waals surface area contributed by atoms with E-state index in [1.54, 1.807) is 10.6 Å². The first kappa shape index (κ1) is 9.93. The van der Waals surface area contributed by atoms with Crippen LogP contribution in [-0.2, 0) is 0 Å². The maximum Gasteiger partial charge on any atom is 0.155 e. The van der Waals surface area contributed by atoms with Crippen molar-refractivity contribution in [3.63, 3.8) is 0 Å². The lowest BCUT2D eigenvalue weighted by Crippen LogP contribution is -1.92. The third kappa shape index (κ3) is 1.53. The second-order valence-electron chi connectivity index (χ2n) is 3.37. The molecule has 0 unspecified atom stereocenters. The van der Waals surface area contributed by atoms with E-state index < -0.39 is 0 Å². The van der Waals surface area contributed by atoms with Gasteiger partial charge in [-0.05, 0) is 34.0 Å². The average Bonchev–Trinajstić information content (AvgIpc) is 2.44. The Morgan fingerprint density at radius 3 is 2.79 bits per heavy atom. The summed E-state index contributed by atoms with van der Waals surface area (Å²) < 4.78 is 2.59. The van der Waals surface area contributed by atoms with Gasteiger partial charge in [0.05, 0.1) is 5.69 Å². The molecule has 0 fully saturated rings. The largest absolute Gasteiger partial charge is 0.231 e. The standard InChI is InChI=1S/C9H9BrClN3/c1-5(2)8-9(10)14-7(12-8)4-3-6(11)13-14/h3-5H,1-2H3. The van der Waals surface area contributed by atoms with Gasteiger partial charge in [0.15, 0.2) is 5.65 Å². The van der Waals surface area contributed by atoms with Crippen LogP contribution in [0.25, 0.3) is 5.65 Å². The van der Waals surface area contributed by atoms with Gasteiger partial charge in [0.25, 0.3) is 0 Å². The lowest BCUT2D eigenvalue weighted by Gasteiger charge is -1.98.